The van der Waals surface area contributed by atoms with E-state index < -0.39 is 5.95 Å². The fourth-order valence-electron chi connectivity index (χ4n) is 1.99. The molecule has 0 aliphatic carbocycles. The van der Waals surface area contributed by atoms with E-state index >= 15 is 0 Å². The van der Waals surface area contributed by atoms with Crippen LogP contribution in [0.4, 0.5) is 4.39 Å². The summed E-state index contributed by atoms with van der Waals surface area (Å²) in [6, 6.07) is 13.3. The van der Waals surface area contributed by atoms with E-state index in [1.165, 1.54) is 23.1 Å². The molecule has 1 amide bonds. The van der Waals surface area contributed by atoms with Crippen LogP contribution in [0.15, 0.2) is 42.5 Å². The van der Waals surface area contributed by atoms with Crippen LogP contribution in [0.25, 0.3) is 0 Å². The monoisotopic (exact) mass is 283 g/mol. The van der Waals surface area contributed by atoms with Crippen molar-refractivity contribution < 1.29 is 9.18 Å². The number of hydrogen-bond donors (Lipinski definition) is 0. The third-order valence-electron chi connectivity index (χ3n) is 3.10. The van der Waals surface area contributed by atoms with E-state index in [1.54, 1.807) is 18.2 Å². The average molecular weight is 283 g/mol. The molecule has 0 spiro atoms. The number of carbonyl (C=O) groups excluding carboxylic acids is 1. The molecule has 2 aromatic rings. The van der Waals surface area contributed by atoms with Gasteiger partial charge in [0.15, 0.2) is 0 Å². The Morgan fingerprint density at radius 3 is 2.71 bits per heavy atom. The number of carbonyl (C=O) groups is 1. The highest BCUT2D eigenvalue weighted by Gasteiger charge is 2.17. The molecule has 4 nitrogen and oxygen atoms in total. The zero-order chi connectivity index (χ0) is 15.2. The molecule has 0 aliphatic heterocycles. The molecule has 0 aliphatic rings. The quantitative estimate of drug-likeness (QED) is 0.811. The predicted octanol–water partition coefficient (Wildman–Crippen LogP) is 2.75. The third kappa shape index (κ3) is 3.42. The van der Waals surface area contributed by atoms with Gasteiger partial charge in [0.1, 0.15) is 5.69 Å². The minimum absolute atomic E-state index is 0.0614. The first kappa shape index (κ1) is 14.7. The van der Waals surface area contributed by atoms with Crippen molar-refractivity contribution in [2.24, 2.45) is 0 Å². The molecule has 0 N–H and O–H groups in total. The lowest BCUT2D eigenvalue weighted by molar-refractivity contribution is 0.0745. The highest BCUT2D eigenvalue weighted by Crippen LogP contribution is 2.13. The molecule has 5 heteroatoms. The van der Waals surface area contributed by atoms with Gasteiger partial charge in [-0.3, -0.25) is 4.79 Å². The molecule has 0 atom stereocenters. The Morgan fingerprint density at radius 1 is 1.29 bits per heavy atom. The highest BCUT2D eigenvalue weighted by molar-refractivity contribution is 5.92. The number of halogens is 1. The van der Waals surface area contributed by atoms with Crippen molar-refractivity contribution >= 4 is 5.91 Å². The molecule has 0 bridgehead atoms. The van der Waals surface area contributed by atoms with Crippen molar-refractivity contribution in [3.05, 3.63) is 65.2 Å². The van der Waals surface area contributed by atoms with E-state index in [9.17, 15) is 9.18 Å². The number of amides is 1. The van der Waals surface area contributed by atoms with Crippen LogP contribution in [-0.2, 0) is 6.54 Å². The van der Waals surface area contributed by atoms with Gasteiger partial charge in [0.25, 0.3) is 5.91 Å². The van der Waals surface area contributed by atoms with Crippen molar-refractivity contribution in [3.63, 3.8) is 0 Å². The Kier molecular flexibility index (Phi) is 4.62. The van der Waals surface area contributed by atoms with Gasteiger partial charge in [-0.1, -0.05) is 24.3 Å². The molecule has 21 heavy (non-hydrogen) atoms. The fraction of sp³-hybridized carbons (Fsp3) is 0.188. The van der Waals surface area contributed by atoms with E-state index in [1.807, 2.05) is 13.0 Å². The number of aromatic nitrogens is 1. The molecular formula is C16H14FN3O. The lowest BCUT2D eigenvalue weighted by Crippen LogP contribution is -2.31. The van der Waals surface area contributed by atoms with Gasteiger partial charge in [0, 0.05) is 13.1 Å². The average Bonchev–Trinajstić information content (AvgIpc) is 2.52. The standard InChI is InChI=1S/C16H14FN3O/c1-2-20(11-13-7-4-3-6-12(13)10-18)16(21)14-8-5-9-15(17)19-14/h3-9H,2,11H2,1H3. The zero-order valence-electron chi connectivity index (χ0n) is 11.6. The molecule has 0 saturated heterocycles. The molecule has 0 radical (unpaired) electrons. The Morgan fingerprint density at radius 2 is 2.05 bits per heavy atom. The SMILES string of the molecule is CCN(Cc1ccccc1C#N)C(=O)c1cccc(F)n1. The first-order valence-electron chi connectivity index (χ1n) is 6.55. The second-order valence-electron chi connectivity index (χ2n) is 4.43. The minimum atomic E-state index is -0.686. The first-order chi connectivity index (χ1) is 10.2. The number of benzene rings is 1. The largest absolute Gasteiger partial charge is 0.333 e. The van der Waals surface area contributed by atoms with Gasteiger partial charge >= 0.3 is 0 Å². The zero-order valence-corrected chi connectivity index (χ0v) is 11.6. The van der Waals surface area contributed by atoms with E-state index in [0.29, 0.717) is 12.1 Å². The summed E-state index contributed by atoms with van der Waals surface area (Å²) in [6.07, 6.45) is 0. The van der Waals surface area contributed by atoms with Crippen molar-refractivity contribution in [1.82, 2.24) is 9.88 Å². The lowest BCUT2D eigenvalue weighted by Gasteiger charge is -2.21. The lowest BCUT2D eigenvalue weighted by atomic mass is 10.1. The molecule has 1 aromatic carbocycles. The van der Waals surface area contributed by atoms with Crippen LogP contribution < -0.4 is 0 Å². The van der Waals surface area contributed by atoms with Crippen LogP contribution in [0.3, 0.4) is 0 Å². The summed E-state index contributed by atoms with van der Waals surface area (Å²) in [4.78, 5) is 17.5. The molecule has 0 fully saturated rings. The molecule has 2 rings (SSSR count). The molecule has 0 saturated carbocycles. The van der Waals surface area contributed by atoms with Gasteiger partial charge in [-0.25, -0.2) is 4.98 Å². The summed E-state index contributed by atoms with van der Waals surface area (Å²) in [6.45, 7) is 2.56. The van der Waals surface area contributed by atoms with Crippen molar-refractivity contribution in [2.45, 2.75) is 13.5 Å². The smallest absolute Gasteiger partial charge is 0.272 e. The van der Waals surface area contributed by atoms with Crippen LogP contribution in [-0.4, -0.2) is 22.3 Å². The number of pyridine rings is 1. The van der Waals surface area contributed by atoms with Crippen LogP contribution in [0.5, 0.6) is 0 Å². The van der Waals surface area contributed by atoms with Crippen molar-refractivity contribution in [3.8, 4) is 6.07 Å². The molecule has 1 aromatic heterocycles. The Bertz CT molecular complexity index is 694. The second kappa shape index (κ2) is 6.62. The maximum atomic E-state index is 13.1. The third-order valence-corrected chi connectivity index (χ3v) is 3.10. The Balaban J connectivity index is 2.24. The number of nitriles is 1. The summed E-state index contributed by atoms with van der Waals surface area (Å²) in [7, 11) is 0. The maximum Gasteiger partial charge on any atom is 0.272 e. The highest BCUT2D eigenvalue weighted by atomic mass is 19.1. The van der Waals surface area contributed by atoms with E-state index in [2.05, 4.69) is 11.1 Å². The molecule has 1 heterocycles. The summed E-state index contributed by atoms with van der Waals surface area (Å²) in [5, 5.41) is 9.08. The van der Waals surface area contributed by atoms with Crippen LogP contribution in [0, 0.1) is 17.3 Å². The molecular weight excluding hydrogens is 269 g/mol. The van der Waals surface area contributed by atoms with Crippen molar-refractivity contribution in [2.75, 3.05) is 6.54 Å². The summed E-state index contributed by atoms with van der Waals surface area (Å²) in [5.41, 5.74) is 1.34. The number of nitrogens with zero attached hydrogens (tertiary/aromatic N) is 3. The minimum Gasteiger partial charge on any atom is -0.333 e. The predicted molar refractivity (Wildman–Crippen MR) is 75.8 cm³/mol. The normalized spacial score (nSPS) is 9.95. The first-order valence-corrected chi connectivity index (χ1v) is 6.55. The second-order valence-corrected chi connectivity index (χ2v) is 4.43. The van der Waals surface area contributed by atoms with Gasteiger partial charge < -0.3 is 4.90 Å². The van der Waals surface area contributed by atoms with E-state index in [-0.39, 0.29) is 18.1 Å². The van der Waals surface area contributed by atoms with Crippen molar-refractivity contribution in [1.29, 1.82) is 5.26 Å². The summed E-state index contributed by atoms with van der Waals surface area (Å²) < 4.78 is 13.1. The van der Waals surface area contributed by atoms with Crippen LogP contribution >= 0.6 is 0 Å². The van der Waals surface area contributed by atoms with Crippen LogP contribution in [0.2, 0.25) is 0 Å². The van der Waals surface area contributed by atoms with Gasteiger partial charge in [-0.15, -0.1) is 0 Å². The van der Waals surface area contributed by atoms with E-state index in [0.717, 1.165) is 5.56 Å². The van der Waals surface area contributed by atoms with Gasteiger partial charge in [-0.05, 0) is 30.7 Å². The maximum absolute atomic E-state index is 13.1. The van der Waals surface area contributed by atoms with Gasteiger partial charge in [-0.2, -0.15) is 9.65 Å². The number of hydrogen-bond acceptors (Lipinski definition) is 3. The Hall–Kier alpha value is -2.74. The van der Waals surface area contributed by atoms with E-state index in [4.69, 9.17) is 5.26 Å². The summed E-state index contributed by atoms with van der Waals surface area (Å²) >= 11 is 0. The molecule has 106 valence electrons. The number of rotatable bonds is 4. The van der Waals surface area contributed by atoms with Crippen LogP contribution in [0.1, 0.15) is 28.5 Å². The Labute approximate surface area is 122 Å². The molecule has 0 unspecified atom stereocenters. The summed E-state index contributed by atoms with van der Waals surface area (Å²) in [5.74, 6) is -1.04. The fourth-order valence-corrected chi connectivity index (χ4v) is 1.99. The van der Waals surface area contributed by atoms with Gasteiger partial charge in [0.2, 0.25) is 5.95 Å². The topological polar surface area (TPSA) is 57.0 Å². The van der Waals surface area contributed by atoms with Gasteiger partial charge in [0.05, 0.1) is 11.6 Å².